The first-order chi connectivity index (χ1) is 11.8. The molecule has 24 heavy (non-hydrogen) atoms. The number of ether oxygens (including phenoxy) is 3. The lowest BCUT2D eigenvalue weighted by Gasteiger charge is -2.21. The standard InChI is InChI=1S/C20H24O4/c1-22-18-8-5-15(6-9-18)4-7-17-14-20-19(23-11-12-24-20)13-16(17)3-2-10-21/h5-6,8-9,13-14,21H,2-4,7,10-12H2,1H3. The largest absolute Gasteiger partial charge is 0.497 e. The fourth-order valence-corrected chi connectivity index (χ4v) is 2.98. The number of hydrogen-bond donors (Lipinski definition) is 1. The molecule has 2 aromatic carbocycles. The van der Waals surface area contributed by atoms with Crippen LogP contribution in [0.4, 0.5) is 0 Å². The molecule has 1 heterocycles. The fourth-order valence-electron chi connectivity index (χ4n) is 2.98. The van der Waals surface area contributed by atoms with Crippen LogP contribution in [0.3, 0.4) is 0 Å². The van der Waals surface area contributed by atoms with E-state index in [1.807, 2.05) is 12.1 Å². The third kappa shape index (κ3) is 4.01. The number of methoxy groups -OCH3 is 1. The molecule has 0 aromatic heterocycles. The second kappa shape index (κ2) is 8.06. The van der Waals surface area contributed by atoms with Crippen molar-refractivity contribution in [1.29, 1.82) is 0 Å². The van der Waals surface area contributed by atoms with E-state index in [2.05, 4.69) is 24.3 Å². The van der Waals surface area contributed by atoms with Crippen LogP contribution in [0.5, 0.6) is 17.2 Å². The van der Waals surface area contributed by atoms with E-state index < -0.39 is 0 Å². The number of aryl methyl sites for hydroxylation is 3. The molecule has 0 radical (unpaired) electrons. The second-order valence-corrected chi connectivity index (χ2v) is 5.94. The highest BCUT2D eigenvalue weighted by atomic mass is 16.6. The summed E-state index contributed by atoms with van der Waals surface area (Å²) in [6, 6.07) is 12.4. The Balaban J connectivity index is 1.76. The number of aliphatic hydroxyl groups is 1. The molecule has 0 bridgehead atoms. The minimum absolute atomic E-state index is 0.201. The van der Waals surface area contributed by atoms with Crippen LogP contribution in [-0.4, -0.2) is 32.0 Å². The molecule has 0 amide bonds. The summed E-state index contributed by atoms with van der Waals surface area (Å²) in [4.78, 5) is 0. The molecular weight excluding hydrogens is 304 g/mol. The minimum Gasteiger partial charge on any atom is -0.497 e. The van der Waals surface area contributed by atoms with Gasteiger partial charge in [0, 0.05) is 6.61 Å². The maximum atomic E-state index is 9.15. The van der Waals surface area contributed by atoms with Crippen LogP contribution in [0.1, 0.15) is 23.1 Å². The Morgan fingerprint density at radius 2 is 1.54 bits per heavy atom. The average molecular weight is 328 g/mol. The highest BCUT2D eigenvalue weighted by molar-refractivity contribution is 5.48. The predicted octanol–water partition coefficient (Wildman–Crippen LogP) is 3.18. The first-order valence-corrected chi connectivity index (χ1v) is 8.45. The Morgan fingerprint density at radius 1 is 0.917 bits per heavy atom. The van der Waals surface area contributed by atoms with Crippen molar-refractivity contribution in [2.75, 3.05) is 26.9 Å². The zero-order valence-corrected chi connectivity index (χ0v) is 14.1. The Labute approximate surface area is 143 Å². The molecule has 3 rings (SSSR count). The summed E-state index contributed by atoms with van der Waals surface area (Å²) in [6.07, 6.45) is 3.50. The minimum atomic E-state index is 0.201. The van der Waals surface area contributed by atoms with Gasteiger partial charge >= 0.3 is 0 Å². The van der Waals surface area contributed by atoms with E-state index >= 15 is 0 Å². The summed E-state index contributed by atoms with van der Waals surface area (Å²) in [5, 5.41) is 9.15. The lowest BCUT2D eigenvalue weighted by Crippen LogP contribution is -2.16. The van der Waals surface area contributed by atoms with Crippen molar-refractivity contribution in [3.8, 4) is 17.2 Å². The summed E-state index contributed by atoms with van der Waals surface area (Å²) in [6.45, 7) is 1.39. The highest BCUT2D eigenvalue weighted by Gasteiger charge is 2.15. The van der Waals surface area contributed by atoms with Gasteiger partial charge in [-0.2, -0.15) is 0 Å². The number of fused-ring (bicyclic) bond motifs is 1. The van der Waals surface area contributed by atoms with Gasteiger partial charge in [0.2, 0.25) is 0 Å². The van der Waals surface area contributed by atoms with E-state index in [0.717, 1.165) is 42.9 Å². The molecule has 4 nitrogen and oxygen atoms in total. The van der Waals surface area contributed by atoms with Gasteiger partial charge in [0.25, 0.3) is 0 Å². The van der Waals surface area contributed by atoms with E-state index in [0.29, 0.717) is 13.2 Å². The van der Waals surface area contributed by atoms with Crippen molar-refractivity contribution in [3.63, 3.8) is 0 Å². The number of aliphatic hydroxyl groups excluding tert-OH is 1. The smallest absolute Gasteiger partial charge is 0.161 e. The zero-order chi connectivity index (χ0) is 16.8. The van der Waals surface area contributed by atoms with Crippen molar-refractivity contribution < 1.29 is 19.3 Å². The van der Waals surface area contributed by atoms with Gasteiger partial charge in [-0.1, -0.05) is 12.1 Å². The van der Waals surface area contributed by atoms with Crippen LogP contribution in [0, 0.1) is 0 Å². The van der Waals surface area contributed by atoms with Gasteiger partial charge in [-0.05, 0) is 66.6 Å². The van der Waals surface area contributed by atoms with Gasteiger partial charge in [-0.25, -0.2) is 0 Å². The number of benzene rings is 2. The third-order valence-electron chi connectivity index (χ3n) is 4.31. The molecule has 1 aliphatic rings. The Kier molecular flexibility index (Phi) is 5.59. The molecule has 0 saturated carbocycles. The predicted molar refractivity (Wildman–Crippen MR) is 93.2 cm³/mol. The van der Waals surface area contributed by atoms with Crippen molar-refractivity contribution in [2.24, 2.45) is 0 Å². The molecular formula is C20H24O4. The first-order valence-electron chi connectivity index (χ1n) is 8.45. The van der Waals surface area contributed by atoms with Crippen molar-refractivity contribution in [2.45, 2.75) is 25.7 Å². The van der Waals surface area contributed by atoms with Crippen LogP contribution in [0.2, 0.25) is 0 Å². The fraction of sp³-hybridized carbons (Fsp3) is 0.400. The summed E-state index contributed by atoms with van der Waals surface area (Å²) < 4.78 is 16.6. The normalized spacial score (nSPS) is 12.9. The molecule has 1 aliphatic heterocycles. The monoisotopic (exact) mass is 328 g/mol. The molecule has 0 atom stereocenters. The lowest BCUT2D eigenvalue weighted by molar-refractivity contribution is 0.171. The summed E-state index contributed by atoms with van der Waals surface area (Å²) >= 11 is 0. The molecule has 0 saturated heterocycles. The zero-order valence-electron chi connectivity index (χ0n) is 14.1. The summed E-state index contributed by atoms with van der Waals surface area (Å²) in [7, 11) is 1.68. The first kappa shape index (κ1) is 16.7. The van der Waals surface area contributed by atoms with Crippen LogP contribution >= 0.6 is 0 Å². The molecule has 0 spiro atoms. The Hall–Kier alpha value is -2.20. The summed E-state index contributed by atoms with van der Waals surface area (Å²) in [5.74, 6) is 2.53. The number of rotatable bonds is 7. The van der Waals surface area contributed by atoms with Crippen LogP contribution in [0.25, 0.3) is 0 Å². The molecule has 0 fully saturated rings. The van der Waals surface area contributed by atoms with Gasteiger partial charge in [0.15, 0.2) is 11.5 Å². The Bertz CT molecular complexity index is 664. The van der Waals surface area contributed by atoms with E-state index in [9.17, 15) is 0 Å². The van der Waals surface area contributed by atoms with Crippen molar-refractivity contribution in [1.82, 2.24) is 0 Å². The maximum Gasteiger partial charge on any atom is 0.161 e. The van der Waals surface area contributed by atoms with Crippen LogP contribution < -0.4 is 14.2 Å². The van der Waals surface area contributed by atoms with Gasteiger partial charge in [0.1, 0.15) is 19.0 Å². The summed E-state index contributed by atoms with van der Waals surface area (Å²) in [5.41, 5.74) is 3.78. The van der Waals surface area contributed by atoms with E-state index in [1.54, 1.807) is 7.11 Å². The maximum absolute atomic E-state index is 9.15. The second-order valence-electron chi connectivity index (χ2n) is 5.94. The van der Waals surface area contributed by atoms with Crippen LogP contribution in [0.15, 0.2) is 36.4 Å². The van der Waals surface area contributed by atoms with Crippen LogP contribution in [-0.2, 0) is 19.3 Å². The topological polar surface area (TPSA) is 47.9 Å². The van der Waals surface area contributed by atoms with Crippen molar-refractivity contribution in [3.05, 3.63) is 53.1 Å². The highest BCUT2D eigenvalue weighted by Crippen LogP contribution is 2.34. The van der Waals surface area contributed by atoms with Gasteiger partial charge in [-0.3, -0.25) is 0 Å². The van der Waals surface area contributed by atoms with E-state index in [1.165, 1.54) is 16.7 Å². The van der Waals surface area contributed by atoms with E-state index in [4.69, 9.17) is 19.3 Å². The van der Waals surface area contributed by atoms with Gasteiger partial charge in [-0.15, -0.1) is 0 Å². The SMILES string of the molecule is COc1ccc(CCc2cc3c(cc2CCCO)OCCO3)cc1. The van der Waals surface area contributed by atoms with Crippen molar-refractivity contribution >= 4 is 0 Å². The molecule has 128 valence electrons. The molecule has 0 aliphatic carbocycles. The average Bonchev–Trinajstić information content (AvgIpc) is 2.64. The molecule has 1 N–H and O–H groups in total. The van der Waals surface area contributed by atoms with Gasteiger partial charge in [0.05, 0.1) is 7.11 Å². The lowest BCUT2D eigenvalue weighted by atomic mass is 9.96. The Morgan fingerprint density at radius 3 is 2.12 bits per heavy atom. The van der Waals surface area contributed by atoms with E-state index in [-0.39, 0.29) is 6.61 Å². The molecule has 4 heteroatoms. The van der Waals surface area contributed by atoms with Gasteiger partial charge < -0.3 is 19.3 Å². The number of hydrogen-bond acceptors (Lipinski definition) is 4. The molecule has 0 unspecified atom stereocenters. The quantitative estimate of drug-likeness (QED) is 0.848. The molecule has 2 aromatic rings. The third-order valence-corrected chi connectivity index (χ3v) is 4.31.